The third-order valence-electron chi connectivity index (χ3n) is 2.68. The number of carbonyl (C=O) groups excluding carboxylic acids is 1. The summed E-state index contributed by atoms with van der Waals surface area (Å²) in [4.78, 5) is 29.8. The van der Waals surface area contributed by atoms with Crippen molar-refractivity contribution in [2.45, 2.75) is 18.5 Å². The van der Waals surface area contributed by atoms with E-state index in [1.807, 2.05) is 6.92 Å². The number of thioether (sulfide) groups is 1. The normalized spacial score (nSPS) is 10.5. The Labute approximate surface area is 129 Å². The van der Waals surface area contributed by atoms with Crippen molar-refractivity contribution in [1.82, 2.24) is 9.97 Å². The van der Waals surface area contributed by atoms with Crippen LogP contribution in [-0.4, -0.2) is 21.6 Å². The van der Waals surface area contributed by atoms with Crippen LogP contribution in [0.5, 0.6) is 0 Å². The summed E-state index contributed by atoms with van der Waals surface area (Å²) in [6.07, 6.45) is 0.595. The molecule has 0 fully saturated rings. The summed E-state index contributed by atoms with van der Waals surface area (Å²) in [7, 11) is 0. The van der Waals surface area contributed by atoms with Crippen LogP contribution in [0.3, 0.4) is 0 Å². The maximum atomic E-state index is 13.4. The van der Waals surface area contributed by atoms with Crippen LogP contribution < -0.4 is 10.9 Å². The Bertz CT molecular complexity index is 749. The molecule has 0 radical (unpaired) electrons. The molecule has 0 unspecified atom stereocenters. The first-order chi connectivity index (χ1) is 10.5. The van der Waals surface area contributed by atoms with E-state index in [2.05, 4.69) is 15.3 Å². The van der Waals surface area contributed by atoms with Gasteiger partial charge in [-0.3, -0.25) is 9.59 Å². The minimum atomic E-state index is -0.723. The number of H-pyrrole nitrogens is 1. The third kappa shape index (κ3) is 4.39. The van der Waals surface area contributed by atoms with Crippen molar-refractivity contribution in [3.8, 4) is 0 Å². The van der Waals surface area contributed by atoms with E-state index in [0.717, 1.165) is 30.0 Å². The number of benzene rings is 1. The minimum absolute atomic E-state index is 0.0912. The van der Waals surface area contributed by atoms with Gasteiger partial charge in [0.1, 0.15) is 11.6 Å². The fraction of sp³-hybridized carbons (Fsp3) is 0.214. The van der Waals surface area contributed by atoms with Gasteiger partial charge in [-0.1, -0.05) is 18.7 Å². The molecule has 22 heavy (non-hydrogen) atoms. The van der Waals surface area contributed by atoms with Gasteiger partial charge < -0.3 is 10.3 Å². The molecule has 0 atom stereocenters. The Morgan fingerprint density at radius 2 is 2.14 bits per heavy atom. The Hall–Kier alpha value is -2.22. The van der Waals surface area contributed by atoms with Crippen LogP contribution in [0.4, 0.5) is 14.5 Å². The molecule has 0 aliphatic rings. The number of hydrogen-bond donors (Lipinski definition) is 2. The first-order valence-corrected chi connectivity index (χ1v) is 7.44. The van der Waals surface area contributed by atoms with Gasteiger partial charge in [-0.05, 0) is 18.6 Å². The van der Waals surface area contributed by atoms with Crippen LogP contribution in [0.25, 0.3) is 0 Å². The van der Waals surface area contributed by atoms with E-state index in [9.17, 15) is 18.4 Å². The van der Waals surface area contributed by atoms with Gasteiger partial charge in [0.05, 0.1) is 11.4 Å². The van der Waals surface area contributed by atoms with Crippen LogP contribution in [0.2, 0.25) is 0 Å². The number of halogens is 2. The van der Waals surface area contributed by atoms with E-state index in [1.165, 1.54) is 6.07 Å². The Morgan fingerprint density at radius 1 is 1.36 bits per heavy atom. The first-order valence-electron chi connectivity index (χ1n) is 6.46. The summed E-state index contributed by atoms with van der Waals surface area (Å²) in [5.41, 5.74) is 0.0862. The highest BCUT2D eigenvalue weighted by Gasteiger charge is 2.10. The molecule has 2 rings (SSSR count). The molecule has 5 nitrogen and oxygen atoms in total. The standard InChI is InChI=1S/C14H13F2N3O2S/c1-2-9-6-12(20)19-14(17-9)22-7-13(21)18-11-5-8(15)3-4-10(11)16/h3-6H,2,7H2,1H3,(H,18,21)(H,17,19,20). The van der Waals surface area contributed by atoms with Crippen molar-refractivity contribution in [1.29, 1.82) is 0 Å². The second kappa shape index (κ2) is 7.17. The van der Waals surface area contributed by atoms with Crippen molar-refractivity contribution in [2.75, 3.05) is 11.1 Å². The molecule has 0 bridgehead atoms. The smallest absolute Gasteiger partial charge is 0.251 e. The zero-order chi connectivity index (χ0) is 16.1. The molecule has 2 aromatic rings. The van der Waals surface area contributed by atoms with Gasteiger partial charge in [0, 0.05) is 17.8 Å². The second-order valence-electron chi connectivity index (χ2n) is 4.36. The molecule has 1 aromatic carbocycles. The number of nitrogens with zero attached hydrogens (tertiary/aromatic N) is 1. The number of aromatic nitrogens is 2. The van der Waals surface area contributed by atoms with Crippen molar-refractivity contribution >= 4 is 23.4 Å². The minimum Gasteiger partial charge on any atom is -0.323 e. The number of hydrogen-bond acceptors (Lipinski definition) is 4. The maximum Gasteiger partial charge on any atom is 0.251 e. The number of anilines is 1. The summed E-state index contributed by atoms with van der Waals surface area (Å²) in [5, 5.41) is 2.57. The third-order valence-corrected chi connectivity index (χ3v) is 3.55. The second-order valence-corrected chi connectivity index (χ2v) is 5.32. The van der Waals surface area contributed by atoms with E-state index in [0.29, 0.717) is 17.3 Å². The van der Waals surface area contributed by atoms with Gasteiger partial charge in [-0.25, -0.2) is 13.8 Å². The van der Waals surface area contributed by atoms with Crippen LogP contribution >= 0.6 is 11.8 Å². The van der Waals surface area contributed by atoms with E-state index in [-0.39, 0.29) is 17.0 Å². The lowest BCUT2D eigenvalue weighted by molar-refractivity contribution is -0.113. The average Bonchev–Trinajstić information content (AvgIpc) is 2.48. The predicted octanol–water partition coefficient (Wildman–Crippen LogP) is 2.34. The number of nitrogens with one attached hydrogen (secondary N) is 2. The maximum absolute atomic E-state index is 13.4. The lowest BCUT2D eigenvalue weighted by Crippen LogP contribution is -2.16. The topological polar surface area (TPSA) is 74.8 Å². The van der Waals surface area contributed by atoms with Crippen molar-refractivity contribution in [2.24, 2.45) is 0 Å². The molecule has 1 amide bonds. The van der Waals surface area contributed by atoms with Crippen molar-refractivity contribution < 1.29 is 13.6 Å². The quantitative estimate of drug-likeness (QED) is 0.653. The summed E-state index contributed by atoms with van der Waals surface area (Å²) >= 11 is 1.01. The molecule has 2 N–H and O–H groups in total. The Kier molecular flexibility index (Phi) is 5.26. The van der Waals surface area contributed by atoms with Crippen LogP contribution in [0.15, 0.2) is 34.2 Å². The largest absolute Gasteiger partial charge is 0.323 e. The highest BCUT2D eigenvalue weighted by atomic mass is 32.2. The van der Waals surface area contributed by atoms with E-state index >= 15 is 0 Å². The Balaban J connectivity index is 2.00. The predicted molar refractivity (Wildman–Crippen MR) is 79.9 cm³/mol. The van der Waals surface area contributed by atoms with Crippen LogP contribution in [-0.2, 0) is 11.2 Å². The molecule has 116 valence electrons. The monoisotopic (exact) mass is 325 g/mol. The number of carbonyl (C=O) groups is 1. The highest BCUT2D eigenvalue weighted by Crippen LogP contribution is 2.17. The molecular weight excluding hydrogens is 312 g/mol. The van der Waals surface area contributed by atoms with Gasteiger partial charge >= 0.3 is 0 Å². The number of rotatable bonds is 5. The van der Waals surface area contributed by atoms with Gasteiger partial charge in [0.25, 0.3) is 5.56 Å². The van der Waals surface area contributed by atoms with Crippen LogP contribution in [0, 0.1) is 11.6 Å². The van der Waals surface area contributed by atoms with Gasteiger partial charge in [0.15, 0.2) is 5.16 Å². The first kappa shape index (κ1) is 16.2. The molecule has 0 aliphatic heterocycles. The lowest BCUT2D eigenvalue weighted by atomic mass is 10.3. The zero-order valence-corrected chi connectivity index (χ0v) is 12.5. The van der Waals surface area contributed by atoms with Crippen molar-refractivity contribution in [3.63, 3.8) is 0 Å². The zero-order valence-electron chi connectivity index (χ0n) is 11.7. The van der Waals surface area contributed by atoms with E-state index < -0.39 is 17.5 Å². The number of aryl methyl sites for hydroxylation is 1. The average molecular weight is 325 g/mol. The van der Waals surface area contributed by atoms with E-state index in [1.54, 1.807) is 0 Å². The lowest BCUT2D eigenvalue weighted by Gasteiger charge is -2.06. The molecule has 0 saturated heterocycles. The molecule has 1 heterocycles. The summed E-state index contributed by atoms with van der Waals surface area (Å²) in [6.45, 7) is 1.86. The number of amides is 1. The Morgan fingerprint density at radius 3 is 2.86 bits per heavy atom. The molecular formula is C14H13F2N3O2S. The van der Waals surface area contributed by atoms with Gasteiger partial charge in [0.2, 0.25) is 5.91 Å². The fourth-order valence-electron chi connectivity index (χ4n) is 1.65. The summed E-state index contributed by atoms with van der Waals surface area (Å²) < 4.78 is 26.4. The van der Waals surface area contributed by atoms with Crippen molar-refractivity contribution in [3.05, 3.63) is 51.9 Å². The van der Waals surface area contributed by atoms with Gasteiger partial charge in [-0.2, -0.15) is 0 Å². The summed E-state index contributed by atoms with van der Waals surface area (Å²) in [6, 6.07) is 4.18. The molecule has 1 aromatic heterocycles. The summed E-state index contributed by atoms with van der Waals surface area (Å²) in [5.74, 6) is -1.99. The SMILES string of the molecule is CCc1cc(=O)[nH]c(SCC(=O)Nc2cc(F)ccc2F)n1. The molecule has 0 aliphatic carbocycles. The van der Waals surface area contributed by atoms with E-state index in [4.69, 9.17) is 0 Å². The number of aromatic amines is 1. The van der Waals surface area contributed by atoms with Gasteiger partial charge in [-0.15, -0.1) is 0 Å². The molecule has 0 spiro atoms. The molecule has 0 saturated carbocycles. The fourth-order valence-corrected chi connectivity index (χ4v) is 2.34. The van der Waals surface area contributed by atoms with Crippen LogP contribution in [0.1, 0.15) is 12.6 Å². The molecule has 8 heteroatoms. The highest BCUT2D eigenvalue weighted by molar-refractivity contribution is 7.99.